The van der Waals surface area contributed by atoms with Gasteiger partial charge in [0.25, 0.3) is 0 Å². The van der Waals surface area contributed by atoms with Crippen LogP contribution in [0.5, 0.6) is 0 Å². The van der Waals surface area contributed by atoms with Crippen molar-refractivity contribution in [2.75, 3.05) is 0 Å². The molecule has 1 aromatic rings. The molecule has 0 aliphatic heterocycles. The Bertz CT molecular complexity index is 319. The third-order valence-electron chi connectivity index (χ3n) is 4.13. The highest BCUT2D eigenvalue weighted by molar-refractivity contribution is 5.18. The van der Waals surface area contributed by atoms with Crippen molar-refractivity contribution in [2.45, 2.75) is 51.0 Å². The molecule has 2 atom stereocenters. The zero-order valence-corrected chi connectivity index (χ0v) is 10.3. The smallest absolute Gasteiger partial charge is 0.0223 e. The van der Waals surface area contributed by atoms with Crippen LogP contribution in [-0.2, 0) is 6.42 Å². The van der Waals surface area contributed by atoms with Gasteiger partial charge in [-0.05, 0) is 30.7 Å². The molecule has 0 heterocycles. The SMILES string of the molecule is CCC1CCCCC1(N)Cc1ccccc1. The molecule has 16 heavy (non-hydrogen) atoms. The van der Waals surface area contributed by atoms with Gasteiger partial charge in [-0.3, -0.25) is 0 Å². The van der Waals surface area contributed by atoms with Crippen LogP contribution in [0.2, 0.25) is 0 Å². The molecule has 88 valence electrons. The van der Waals surface area contributed by atoms with E-state index in [4.69, 9.17) is 5.73 Å². The van der Waals surface area contributed by atoms with E-state index in [-0.39, 0.29) is 5.54 Å². The van der Waals surface area contributed by atoms with E-state index >= 15 is 0 Å². The Hall–Kier alpha value is -0.820. The van der Waals surface area contributed by atoms with Gasteiger partial charge in [-0.1, -0.05) is 56.5 Å². The van der Waals surface area contributed by atoms with Crippen molar-refractivity contribution in [1.82, 2.24) is 0 Å². The van der Waals surface area contributed by atoms with E-state index in [1.807, 2.05) is 0 Å². The van der Waals surface area contributed by atoms with E-state index in [0.717, 1.165) is 6.42 Å². The molecule has 1 fully saturated rings. The largest absolute Gasteiger partial charge is 0.325 e. The third kappa shape index (κ3) is 2.46. The topological polar surface area (TPSA) is 26.0 Å². The lowest BCUT2D eigenvalue weighted by Gasteiger charge is -2.41. The summed E-state index contributed by atoms with van der Waals surface area (Å²) in [6, 6.07) is 10.7. The molecule has 1 heteroatoms. The molecule has 1 saturated carbocycles. The van der Waals surface area contributed by atoms with E-state index in [1.165, 1.54) is 37.7 Å². The number of hydrogen-bond donors (Lipinski definition) is 1. The Morgan fingerprint density at radius 1 is 1.25 bits per heavy atom. The van der Waals surface area contributed by atoms with Gasteiger partial charge in [0, 0.05) is 5.54 Å². The normalized spacial score (nSPS) is 30.2. The molecule has 0 radical (unpaired) electrons. The van der Waals surface area contributed by atoms with Gasteiger partial charge >= 0.3 is 0 Å². The summed E-state index contributed by atoms with van der Waals surface area (Å²) in [5.41, 5.74) is 8.09. The first kappa shape index (κ1) is 11.7. The van der Waals surface area contributed by atoms with Crippen molar-refractivity contribution < 1.29 is 0 Å². The highest BCUT2D eigenvalue weighted by atomic mass is 14.8. The molecule has 2 unspecified atom stereocenters. The van der Waals surface area contributed by atoms with Gasteiger partial charge in [0.05, 0.1) is 0 Å². The predicted octanol–water partition coefficient (Wildman–Crippen LogP) is 3.53. The van der Waals surface area contributed by atoms with Crippen molar-refractivity contribution in [2.24, 2.45) is 11.7 Å². The van der Waals surface area contributed by atoms with Crippen LogP contribution in [0.4, 0.5) is 0 Å². The summed E-state index contributed by atoms with van der Waals surface area (Å²) in [4.78, 5) is 0. The van der Waals surface area contributed by atoms with E-state index in [2.05, 4.69) is 37.3 Å². The Kier molecular flexibility index (Phi) is 3.65. The van der Waals surface area contributed by atoms with Crippen LogP contribution in [0.3, 0.4) is 0 Å². The fourth-order valence-electron chi connectivity index (χ4n) is 3.16. The first-order valence-corrected chi connectivity index (χ1v) is 6.57. The minimum Gasteiger partial charge on any atom is -0.325 e. The predicted molar refractivity (Wildman–Crippen MR) is 69.3 cm³/mol. The summed E-state index contributed by atoms with van der Waals surface area (Å²) < 4.78 is 0. The van der Waals surface area contributed by atoms with Crippen molar-refractivity contribution in [1.29, 1.82) is 0 Å². The number of benzene rings is 1. The minimum absolute atomic E-state index is 0.0500. The highest BCUT2D eigenvalue weighted by Crippen LogP contribution is 2.36. The van der Waals surface area contributed by atoms with E-state index < -0.39 is 0 Å². The van der Waals surface area contributed by atoms with Crippen LogP contribution in [-0.4, -0.2) is 5.54 Å². The maximum absolute atomic E-state index is 6.65. The zero-order valence-electron chi connectivity index (χ0n) is 10.3. The summed E-state index contributed by atoms with van der Waals surface area (Å²) >= 11 is 0. The van der Waals surface area contributed by atoms with Gasteiger partial charge in [-0.15, -0.1) is 0 Å². The first-order valence-electron chi connectivity index (χ1n) is 6.57. The molecule has 0 spiro atoms. The maximum Gasteiger partial charge on any atom is 0.0223 e. The van der Waals surface area contributed by atoms with Crippen molar-refractivity contribution >= 4 is 0 Å². The van der Waals surface area contributed by atoms with E-state index in [1.54, 1.807) is 0 Å². The van der Waals surface area contributed by atoms with Crippen molar-refractivity contribution in [3.63, 3.8) is 0 Å². The van der Waals surface area contributed by atoms with Crippen LogP contribution in [0.25, 0.3) is 0 Å². The van der Waals surface area contributed by atoms with Gasteiger partial charge in [-0.2, -0.15) is 0 Å². The van der Waals surface area contributed by atoms with Gasteiger partial charge < -0.3 is 5.73 Å². The second kappa shape index (κ2) is 5.01. The second-order valence-electron chi connectivity index (χ2n) is 5.25. The summed E-state index contributed by atoms with van der Waals surface area (Å²) in [6.45, 7) is 2.28. The van der Waals surface area contributed by atoms with Crippen molar-refractivity contribution in [3.05, 3.63) is 35.9 Å². The van der Waals surface area contributed by atoms with Gasteiger partial charge in [0.2, 0.25) is 0 Å². The van der Waals surface area contributed by atoms with Gasteiger partial charge in [0.1, 0.15) is 0 Å². The molecule has 2 N–H and O–H groups in total. The first-order chi connectivity index (χ1) is 7.74. The monoisotopic (exact) mass is 217 g/mol. The zero-order chi connectivity index (χ0) is 11.4. The Morgan fingerprint density at radius 3 is 2.69 bits per heavy atom. The summed E-state index contributed by atoms with van der Waals surface area (Å²) in [6.07, 6.45) is 7.46. The van der Waals surface area contributed by atoms with Gasteiger partial charge in [-0.25, -0.2) is 0 Å². The summed E-state index contributed by atoms with van der Waals surface area (Å²) in [7, 11) is 0. The van der Waals surface area contributed by atoms with E-state index in [0.29, 0.717) is 5.92 Å². The summed E-state index contributed by atoms with van der Waals surface area (Å²) in [5.74, 6) is 0.710. The molecule has 2 rings (SSSR count). The Morgan fingerprint density at radius 2 is 2.00 bits per heavy atom. The lowest BCUT2D eigenvalue weighted by Crippen LogP contribution is -2.50. The molecular weight excluding hydrogens is 194 g/mol. The fourth-order valence-corrected chi connectivity index (χ4v) is 3.16. The molecule has 0 saturated heterocycles. The van der Waals surface area contributed by atoms with Crippen LogP contribution in [0.15, 0.2) is 30.3 Å². The fraction of sp³-hybridized carbons (Fsp3) is 0.600. The molecule has 1 aromatic carbocycles. The van der Waals surface area contributed by atoms with Crippen LogP contribution in [0, 0.1) is 5.92 Å². The number of hydrogen-bond acceptors (Lipinski definition) is 1. The van der Waals surface area contributed by atoms with E-state index in [9.17, 15) is 0 Å². The molecular formula is C15H23N. The standard InChI is InChI=1S/C15H23N/c1-2-14-10-6-7-11-15(14,16)12-13-8-4-3-5-9-13/h3-5,8-9,14H,2,6-7,10-12,16H2,1H3. The number of rotatable bonds is 3. The molecule has 1 nitrogen and oxygen atoms in total. The lowest BCUT2D eigenvalue weighted by molar-refractivity contribution is 0.182. The average molecular weight is 217 g/mol. The highest BCUT2D eigenvalue weighted by Gasteiger charge is 2.35. The molecule has 1 aliphatic carbocycles. The van der Waals surface area contributed by atoms with Crippen LogP contribution < -0.4 is 5.73 Å². The molecule has 0 aromatic heterocycles. The molecule has 0 bridgehead atoms. The molecule has 0 amide bonds. The lowest BCUT2D eigenvalue weighted by atomic mass is 9.69. The third-order valence-corrected chi connectivity index (χ3v) is 4.13. The van der Waals surface area contributed by atoms with Gasteiger partial charge in [0.15, 0.2) is 0 Å². The Balaban J connectivity index is 2.11. The number of nitrogens with two attached hydrogens (primary N) is 1. The summed E-state index contributed by atoms with van der Waals surface area (Å²) in [5, 5.41) is 0. The molecule has 1 aliphatic rings. The average Bonchev–Trinajstić information content (AvgIpc) is 2.30. The minimum atomic E-state index is 0.0500. The maximum atomic E-state index is 6.65. The van der Waals surface area contributed by atoms with Crippen molar-refractivity contribution in [3.8, 4) is 0 Å². The quantitative estimate of drug-likeness (QED) is 0.823. The second-order valence-corrected chi connectivity index (χ2v) is 5.25. The van der Waals surface area contributed by atoms with Crippen LogP contribution in [0.1, 0.15) is 44.6 Å². The van der Waals surface area contributed by atoms with Crippen LogP contribution >= 0.6 is 0 Å². The Labute approximate surface area is 99.0 Å².